The third-order valence-electron chi connectivity index (χ3n) is 6.65. The van der Waals surface area contributed by atoms with Crippen molar-refractivity contribution >= 4 is 45.6 Å². The maximum absolute atomic E-state index is 14.6. The average molecular weight is 535 g/mol. The molecule has 9 heteroatoms. The van der Waals surface area contributed by atoms with Gasteiger partial charge in [0.15, 0.2) is 17.3 Å². The summed E-state index contributed by atoms with van der Waals surface area (Å²) in [4.78, 5) is 11.2. The summed E-state index contributed by atoms with van der Waals surface area (Å²) in [6.07, 6.45) is 3.52. The van der Waals surface area contributed by atoms with Crippen LogP contribution in [0.15, 0.2) is 30.6 Å². The van der Waals surface area contributed by atoms with Crippen LogP contribution < -0.4 is 14.8 Å². The zero-order chi connectivity index (χ0) is 25.8. The molecule has 0 bridgehead atoms. The lowest BCUT2D eigenvalue weighted by Crippen LogP contribution is -2.25. The van der Waals surface area contributed by atoms with E-state index in [0.29, 0.717) is 52.6 Å². The molecule has 1 fully saturated rings. The summed E-state index contributed by atoms with van der Waals surface area (Å²) in [5.74, 6) is 3.07. The monoisotopic (exact) mass is 534 g/mol. The van der Waals surface area contributed by atoms with Crippen LogP contribution in [-0.2, 0) is 0 Å². The Bertz CT molecular complexity index is 1210. The Morgan fingerprint density at radius 3 is 2.72 bits per heavy atom. The number of hydrogen-bond donors (Lipinski definition) is 1. The van der Waals surface area contributed by atoms with E-state index in [1.54, 1.807) is 13.2 Å². The van der Waals surface area contributed by atoms with E-state index in [4.69, 9.17) is 32.7 Å². The number of nitrogens with one attached hydrogen (secondary N) is 1. The molecule has 1 saturated heterocycles. The van der Waals surface area contributed by atoms with Crippen LogP contribution in [-0.4, -0.2) is 48.2 Å². The Balaban J connectivity index is 1.43. The van der Waals surface area contributed by atoms with Crippen molar-refractivity contribution in [3.8, 4) is 11.5 Å². The molecule has 4 rings (SSSR count). The van der Waals surface area contributed by atoms with Gasteiger partial charge in [0.2, 0.25) is 0 Å². The standard InChI is InChI=1S/C27H33Cl2FN4O2/c1-16(2)12-34-13-17(3)18(14-34)6-5-9-36-24-11-22-19(10-23(24)35-4)27(32-15-31-22)33-21-8-7-20(28)25(29)26(21)30/h7-8,10-11,15-18H,5-6,9,12-14H2,1-4H3,(H,31,32,33)/t17-,18+/m1/s1. The van der Waals surface area contributed by atoms with E-state index in [2.05, 4.69) is 41.0 Å². The second kappa shape index (κ2) is 11.8. The van der Waals surface area contributed by atoms with Gasteiger partial charge in [0.25, 0.3) is 0 Å². The number of anilines is 2. The van der Waals surface area contributed by atoms with Crippen molar-refractivity contribution in [3.05, 3.63) is 46.5 Å². The summed E-state index contributed by atoms with van der Waals surface area (Å²) in [7, 11) is 1.59. The molecule has 2 heterocycles. The van der Waals surface area contributed by atoms with Crippen molar-refractivity contribution in [1.29, 1.82) is 0 Å². The molecule has 1 N–H and O–H groups in total. The lowest BCUT2D eigenvalue weighted by atomic mass is 9.93. The molecule has 2 aromatic carbocycles. The first-order valence-electron chi connectivity index (χ1n) is 12.3. The number of nitrogens with zero attached hydrogens (tertiary/aromatic N) is 3. The molecule has 0 spiro atoms. The summed E-state index contributed by atoms with van der Waals surface area (Å²) in [6.45, 7) is 11.0. The highest BCUT2D eigenvalue weighted by Crippen LogP contribution is 2.37. The number of ether oxygens (including phenoxy) is 2. The lowest BCUT2D eigenvalue weighted by Gasteiger charge is -2.18. The molecule has 1 aliphatic heterocycles. The summed E-state index contributed by atoms with van der Waals surface area (Å²) in [6, 6.07) is 6.67. The Labute approximate surface area is 222 Å². The molecule has 1 aliphatic rings. The molecule has 2 atom stereocenters. The van der Waals surface area contributed by atoms with Crippen LogP contribution in [0.25, 0.3) is 10.9 Å². The van der Waals surface area contributed by atoms with E-state index in [1.165, 1.54) is 38.1 Å². The van der Waals surface area contributed by atoms with Gasteiger partial charge >= 0.3 is 0 Å². The quantitative estimate of drug-likeness (QED) is 0.219. The number of benzene rings is 2. The van der Waals surface area contributed by atoms with E-state index in [9.17, 15) is 4.39 Å². The second-order valence-corrected chi connectivity index (χ2v) is 10.7. The number of methoxy groups -OCH3 is 1. The van der Waals surface area contributed by atoms with E-state index in [-0.39, 0.29) is 15.7 Å². The summed E-state index contributed by atoms with van der Waals surface area (Å²) in [5, 5.41) is 3.65. The number of aromatic nitrogens is 2. The molecule has 0 radical (unpaired) electrons. The molecular formula is C27H33Cl2FN4O2. The highest BCUT2D eigenvalue weighted by Gasteiger charge is 2.29. The maximum atomic E-state index is 14.6. The Kier molecular flexibility index (Phi) is 8.75. The van der Waals surface area contributed by atoms with E-state index < -0.39 is 5.82 Å². The van der Waals surface area contributed by atoms with Gasteiger partial charge in [0, 0.05) is 31.1 Å². The minimum absolute atomic E-state index is 0.144. The maximum Gasteiger partial charge on any atom is 0.166 e. The normalized spacial score (nSPS) is 18.2. The van der Waals surface area contributed by atoms with Gasteiger partial charge < -0.3 is 19.7 Å². The third kappa shape index (κ3) is 6.13. The summed E-state index contributed by atoms with van der Waals surface area (Å²) in [5.41, 5.74) is 0.814. The summed E-state index contributed by atoms with van der Waals surface area (Å²) < 4.78 is 26.3. The first-order valence-corrected chi connectivity index (χ1v) is 13.1. The average Bonchev–Trinajstić information content (AvgIpc) is 3.19. The first kappa shape index (κ1) is 26.7. The fourth-order valence-corrected chi connectivity index (χ4v) is 5.21. The molecule has 0 aliphatic carbocycles. The predicted octanol–water partition coefficient (Wildman–Crippen LogP) is 7.21. The summed E-state index contributed by atoms with van der Waals surface area (Å²) >= 11 is 11.9. The number of halogens is 3. The largest absolute Gasteiger partial charge is 0.493 e. The van der Waals surface area contributed by atoms with Crippen LogP contribution in [0.3, 0.4) is 0 Å². The smallest absolute Gasteiger partial charge is 0.166 e. The van der Waals surface area contributed by atoms with Crippen LogP contribution in [0, 0.1) is 23.6 Å². The zero-order valence-electron chi connectivity index (χ0n) is 21.2. The SMILES string of the molecule is COc1cc2c(Nc3ccc(Cl)c(Cl)c3F)ncnc2cc1OCCC[C@H]1CN(CC(C)C)C[C@H]1C. The van der Waals surface area contributed by atoms with Crippen molar-refractivity contribution in [3.63, 3.8) is 0 Å². The van der Waals surface area contributed by atoms with Gasteiger partial charge in [-0.25, -0.2) is 14.4 Å². The zero-order valence-corrected chi connectivity index (χ0v) is 22.7. The molecule has 3 aromatic rings. The Hall–Kier alpha value is -2.35. The highest BCUT2D eigenvalue weighted by molar-refractivity contribution is 6.42. The van der Waals surface area contributed by atoms with Crippen molar-refractivity contribution in [2.75, 3.05) is 38.7 Å². The van der Waals surface area contributed by atoms with Crippen LogP contribution in [0.1, 0.15) is 33.6 Å². The van der Waals surface area contributed by atoms with E-state index in [0.717, 1.165) is 12.8 Å². The van der Waals surface area contributed by atoms with Gasteiger partial charge in [-0.15, -0.1) is 0 Å². The molecule has 0 saturated carbocycles. The molecule has 36 heavy (non-hydrogen) atoms. The molecule has 6 nitrogen and oxygen atoms in total. The van der Waals surface area contributed by atoms with Gasteiger partial charge in [0.1, 0.15) is 12.1 Å². The van der Waals surface area contributed by atoms with Gasteiger partial charge in [0.05, 0.1) is 35.0 Å². The fourth-order valence-electron chi connectivity index (χ4n) is 4.90. The van der Waals surface area contributed by atoms with Crippen LogP contribution in [0.2, 0.25) is 10.0 Å². The van der Waals surface area contributed by atoms with Crippen molar-refractivity contribution in [1.82, 2.24) is 14.9 Å². The van der Waals surface area contributed by atoms with E-state index in [1.807, 2.05) is 6.07 Å². The topological polar surface area (TPSA) is 59.5 Å². The van der Waals surface area contributed by atoms with Gasteiger partial charge in [-0.2, -0.15) is 0 Å². The fraction of sp³-hybridized carbons (Fsp3) is 0.481. The van der Waals surface area contributed by atoms with Crippen molar-refractivity contribution in [2.45, 2.75) is 33.6 Å². The van der Waals surface area contributed by atoms with Crippen LogP contribution >= 0.6 is 23.2 Å². The lowest BCUT2D eigenvalue weighted by molar-refractivity contribution is 0.262. The Morgan fingerprint density at radius 1 is 1.17 bits per heavy atom. The predicted molar refractivity (Wildman–Crippen MR) is 144 cm³/mol. The minimum atomic E-state index is -0.647. The molecule has 1 aromatic heterocycles. The minimum Gasteiger partial charge on any atom is -0.493 e. The second-order valence-electron chi connectivity index (χ2n) is 9.93. The number of likely N-dealkylation sites (tertiary alicyclic amines) is 1. The van der Waals surface area contributed by atoms with Crippen LogP contribution in [0.4, 0.5) is 15.9 Å². The number of fused-ring (bicyclic) bond motifs is 1. The number of rotatable bonds is 10. The molecular weight excluding hydrogens is 502 g/mol. The first-order chi connectivity index (χ1) is 17.3. The van der Waals surface area contributed by atoms with E-state index >= 15 is 0 Å². The molecule has 0 unspecified atom stereocenters. The number of hydrogen-bond acceptors (Lipinski definition) is 6. The molecule has 0 amide bonds. The third-order valence-corrected chi connectivity index (χ3v) is 7.43. The van der Waals surface area contributed by atoms with Gasteiger partial charge in [-0.1, -0.05) is 44.0 Å². The van der Waals surface area contributed by atoms with Gasteiger partial charge in [-0.05, 0) is 48.8 Å². The van der Waals surface area contributed by atoms with Crippen molar-refractivity contribution in [2.24, 2.45) is 17.8 Å². The van der Waals surface area contributed by atoms with Crippen molar-refractivity contribution < 1.29 is 13.9 Å². The van der Waals surface area contributed by atoms with Crippen LogP contribution in [0.5, 0.6) is 11.5 Å². The molecule has 194 valence electrons. The Morgan fingerprint density at radius 2 is 1.97 bits per heavy atom. The highest BCUT2D eigenvalue weighted by atomic mass is 35.5. The van der Waals surface area contributed by atoms with Gasteiger partial charge in [-0.3, -0.25) is 0 Å².